The summed E-state index contributed by atoms with van der Waals surface area (Å²) < 4.78 is 0. The fourth-order valence-corrected chi connectivity index (χ4v) is 2.95. The number of H-pyrrole nitrogens is 1. The van der Waals surface area contributed by atoms with Gasteiger partial charge in [-0.2, -0.15) is 0 Å². The van der Waals surface area contributed by atoms with Crippen molar-refractivity contribution in [3.05, 3.63) is 46.2 Å². The van der Waals surface area contributed by atoms with Crippen molar-refractivity contribution in [3.8, 4) is 0 Å². The second kappa shape index (κ2) is 5.53. The molecule has 1 aliphatic heterocycles. The summed E-state index contributed by atoms with van der Waals surface area (Å²) in [5, 5.41) is 10.1. The van der Waals surface area contributed by atoms with Gasteiger partial charge in [0.1, 0.15) is 0 Å². The van der Waals surface area contributed by atoms with E-state index in [2.05, 4.69) is 4.98 Å². The van der Waals surface area contributed by atoms with Gasteiger partial charge in [0.25, 0.3) is 5.56 Å². The van der Waals surface area contributed by atoms with Gasteiger partial charge in [-0.1, -0.05) is 18.2 Å². The molecule has 0 saturated carbocycles. The molecule has 0 bridgehead atoms. The minimum absolute atomic E-state index is 0.0180. The maximum atomic E-state index is 12.4. The van der Waals surface area contributed by atoms with Crippen molar-refractivity contribution in [1.82, 2.24) is 9.88 Å². The Bertz CT molecular complexity index is 842. The molecule has 1 atom stereocenters. The summed E-state index contributed by atoms with van der Waals surface area (Å²) >= 11 is 0. The largest absolute Gasteiger partial charge is 0.481 e. The van der Waals surface area contributed by atoms with Gasteiger partial charge in [0.2, 0.25) is 5.91 Å². The van der Waals surface area contributed by atoms with E-state index in [0.29, 0.717) is 18.5 Å². The van der Waals surface area contributed by atoms with E-state index in [1.165, 1.54) is 4.90 Å². The highest BCUT2D eigenvalue weighted by molar-refractivity contribution is 5.84. The fraction of sp³-hybridized carbons (Fsp3) is 0.353. The number of aromatic amines is 1. The molecular weight excluding hydrogens is 296 g/mol. The topological polar surface area (TPSA) is 90.5 Å². The summed E-state index contributed by atoms with van der Waals surface area (Å²) in [6, 6.07) is 9.10. The van der Waals surface area contributed by atoms with Gasteiger partial charge < -0.3 is 15.0 Å². The van der Waals surface area contributed by atoms with Gasteiger partial charge >= 0.3 is 5.97 Å². The number of rotatable bonds is 3. The summed E-state index contributed by atoms with van der Waals surface area (Å²) in [6.07, 6.45) is 0.415. The van der Waals surface area contributed by atoms with Crippen LogP contribution in [0, 0.1) is 5.41 Å². The number of nitrogens with one attached hydrogen (secondary N) is 1. The highest BCUT2D eigenvalue weighted by Crippen LogP contribution is 2.30. The monoisotopic (exact) mass is 314 g/mol. The quantitative estimate of drug-likeness (QED) is 0.896. The molecule has 6 nitrogen and oxygen atoms in total. The summed E-state index contributed by atoms with van der Waals surface area (Å²) in [7, 11) is 0. The number of carboxylic acids is 1. The smallest absolute Gasteiger partial charge is 0.311 e. The van der Waals surface area contributed by atoms with Gasteiger partial charge in [-0.3, -0.25) is 14.4 Å². The van der Waals surface area contributed by atoms with Gasteiger partial charge in [-0.15, -0.1) is 0 Å². The van der Waals surface area contributed by atoms with Crippen molar-refractivity contribution in [1.29, 1.82) is 0 Å². The molecule has 1 aromatic carbocycles. The van der Waals surface area contributed by atoms with Crippen LogP contribution in [0.4, 0.5) is 0 Å². The number of likely N-dealkylation sites (tertiary alicyclic amines) is 1. The van der Waals surface area contributed by atoms with Crippen molar-refractivity contribution in [2.75, 3.05) is 13.1 Å². The molecule has 1 saturated heterocycles. The number of benzene rings is 1. The Morgan fingerprint density at radius 3 is 2.78 bits per heavy atom. The van der Waals surface area contributed by atoms with Gasteiger partial charge in [-0.05, 0) is 30.9 Å². The minimum Gasteiger partial charge on any atom is -0.481 e. The van der Waals surface area contributed by atoms with Crippen molar-refractivity contribution in [2.45, 2.75) is 19.8 Å². The Kier molecular flexibility index (Phi) is 3.67. The molecule has 1 aliphatic rings. The van der Waals surface area contributed by atoms with Crippen LogP contribution >= 0.6 is 0 Å². The summed E-state index contributed by atoms with van der Waals surface area (Å²) in [6.45, 7) is 2.24. The molecule has 2 N–H and O–H groups in total. The zero-order valence-corrected chi connectivity index (χ0v) is 12.8. The van der Waals surface area contributed by atoms with E-state index in [9.17, 15) is 19.5 Å². The van der Waals surface area contributed by atoms with E-state index in [0.717, 1.165) is 10.9 Å². The molecule has 6 heteroatoms. The lowest BCUT2D eigenvalue weighted by atomic mass is 9.90. The predicted octanol–water partition coefficient (Wildman–Crippen LogP) is 1.39. The number of fused-ring (bicyclic) bond motifs is 1. The van der Waals surface area contributed by atoms with Crippen LogP contribution in [-0.4, -0.2) is 40.0 Å². The van der Waals surface area contributed by atoms with Gasteiger partial charge in [-0.25, -0.2) is 0 Å². The molecule has 2 heterocycles. The first kappa shape index (κ1) is 15.3. The Balaban J connectivity index is 1.80. The highest BCUT2D eigenvalue weighted by atomic mass is 16.4. The third kappa shape index (κ3) is 2.84. The Labute approximate surface area is 132 Å². The number of aromatic nitrogens is 1. The van der Waals surface area contributed by atoms with Crippen molar-refractivity contribution in [3.63, 3.8) is 0 Å². The van der Waals surface area contributed by atoms with Crippen LogP contribution < -0.4 is 5.56 Å². The molecule has 2 aromatic rings. The van der Waals surface area contributed by atoms with E-state index >= 15 is 0 Å². The first-order chi connectivity index (χ1) is 10.9. The van der Waals surface area contributed by atoms with E-state index in [1.807, 2.05) is 18.2 Å². The van der Waals surface area contributed by atoms with Crippen molar-refractivity contribution < 1.29 is 14.7 Å². The number of hydrogen-bond donors (Lipinski definition) is 2. The van der Waals surface area contributed by atoms with Crippen LogP contribution in [0.2, 0.25) is 0 Å². The van der Waals surface area contributed by atoms with E-state index < -0.39 is 11.4 Å². The fourth-order valence-electron chi connectivity index (χ4n) is 2.95. The predicted molar refractivity (Wildman–Crippen MR) is 85.2 cm³/mol. The van der Waals surface area contributed by atoms with Crippen LogP contribution in [0.3, 0.4) is 0 Å². The molecule has 1 amide bonds. The number of carbonyl (C=O) groups excluding carboxylic acids is 1. The average Bonchev–Trinajstić information content (AvgIpc) is 2.92. The number of carboxylic acid groups (broad SMARTS) is 1. The Morgan fingerprint density at radius 1 is 1.35 bits per heavy atom. The lowest BCUT2D eigenvalue weighted by Crippen LogP contribution is -2.36. The average molecular weight is 314 g/mol. The standard InChI is InChI=1S/C17H18N2O4/c1-17(16(22)23)6-7-19(10-17)14(20)9-12-8-11-4-2-3-5-13(11)18-15(12)21/h2-5,8H,6-7,9-10H2,1H3,(H,18,21)(H,22,23). The molecule has 1 unspecified atom stereocenters. The van der Waals surface area contributed by atoms with E-state index in [-0.39, 0.29) is 24.4 Å². The molecule has 23 heavy (non-hydrogen) atoms. The Hall–Kier alpha value is -2.63. The number of pyridine rings is 1. The summed E-state index contributed by atoms with van der Waals surface area (Å²) in [5.41, 5.74) is -0.0472. The van der Waals surface area contributed by atoms with Crippen LogP contribution in [0.15, 0.2) is 35.1 Å². The molecule has 0 radical (unpaired) electrons. The van der Waals surface area contributed by atoms with Crippen LogP contribution in [0.5, 0.6) is 0 Å². The van der Waals surface area contributed by atoms with E-state index in [1.54, 1.807) is 19.1 Å². The SMILES string of the molecule is CC1(C(=O)O)CCN(C(=O)Cc2cc3ccccc3[nH]c2=O)C1. The minimum atomic E-state index is -0.897. The lowest BCUT2D eigenvalue weighted by Gasteiger charge is -2.20. The summed E-state index contributed by atoms with van der Waals surface area (Å²) in [4.78, 5) is 40.0. The number of hydrogen-bond acceptors (Lipinski definition) is 3. The zero-order valence-electron chi connectivity index (χ0n) is 12.8. The number of aliphatic carboxylic acids is 1. The maximum absolute atomic E-state index is 12.4. The highest BCUT2D eigenvalue weighted by Gasteiger charge is 2.42. The lowest BCUT2D eigenvalue weighted by molar-refractivity contribution is -0.147. The molecule has 0 spiro atoms. The second-order valence-electron chi connectivity index (χ2n) is 6.32. The first-order valence-corrected chi connectivity index (χ1v) is 7.51. The number of para-hydroxylation sites is 1. The summed E-state index contributed by atoms with van der Waals surface area (Å²) in [5.74, 6) is -1.10. The maximum Gasteiger partial charge on any atom is 0.311 e. The molecule has 120 valence electrons. The first-order valence-electron chi connectivity index (χ1n) is 7.51. The normalized spacial score (nSPS) is 20.8. The van der Waals surface area contributed by atoms with Gasteiger partial charge in [0.15, 0.2) is 0 Å². The molecule has 0 aliphatic carbocycles. The second-order valence-corrected chi connectivity index (χ2v) is 6.32. The van der Waals surface area contributed by atoms with Gasteiger partial charge in [0, 0.05) is 24.2 Å². The number of amides is 1. The van der Waals surface area contributed by atoms with Crippen LogP contribution in [0.1, 0.15) is 18.9 Å². The van der Waals surface area contributed by atoms with E-state index in [4.69, 9.17) is 0 Å². The third-order valence-corrected chi connectivity index (χ3v) is 4.51. The third-order valence-electron chi connectivity index (χ3n) is 4.51. The molecule has 1 fully saturated rings. The van der Waals surface area contributed by atoms with Crippen LogP contribution in [0.25, 0.3) is 10.9 Å². The zero-order chi connectivity index (χ0) is 16.6. The Morgan fingerprint density at radius 2 is 2.09 bits per heavy atom. The number of carbonyl (C=O) groups is 2. The molecular formula is C17H18N2O4. The van der Waals surface area contributed by atoms with Crippen LogP contribution in [-0.2, 0) is 16.0 Å². The van der Waals surface area contributed by atoms with Crippen molar-refractivity contribution >= 4 is 22.8 Å². The van der Waals surface area contributed by atoms with Crippen molar-refractivity contribution in [2.24, 2.45) is 5.41 Å². The van der Waals surface area contributed by atoms with Gasteiger partial charge in [0.05, 0.1) is 11.8 Å². The molecule has 3 rings (SSSR count). The molecule has 1 aromatic heterocycles. The number of nitrogens with zero attached hydrogens (tertiary/aromatic N) is 1.